The van der Waals surface area contributed by atoms with Crippen LogP contribution in [-0.2, 0) is 0 Å². The molecule has 0 aliphatic rings. The number of aliphatic hydroxyl groups excluding tert-OH is 1. The Bertz CT molecular complexity index is 33.0. The Hall–Kier alpha value is -0.175. The predicted molar refractivity (Wildman–Crippen MR) is 33.6 cm³/mol. The van der Waals surface area contributed by atoms with Gasteiger partial charge in [0.25, 0.3) is 0 Å². The first-order valence-electron chi connectivity index (χ1n) is 2.00. The highest BCUT2D eigenvalue weighted by Crippen LogP contribution is 1.40. The van der Waals surface area contributed by atoms with Gasteiger partial charge in [0.1, 0.15) is 0 Å². The average molecular weight is 140 g/mol. The highest BCUT2D eigenvalue weighted by Gasteiger charge is 1.92. The van der Waals surface area contributed by atoms with Gasteiger partial charge < -0.3 is 32.1 Å². The summed E-state index contributed by atoms with van der Waals surface area (Å²) in [5, 5.41) is 29.3. The second-order valence-corrected chi connectivity index (χ2v) is 0.859. The van der Waals surface area contributed by atoms with Crippen LogP contribution < -0.4 is 11.9 Å². The molecule has 0 aliphatic carbocycles. The average Bonchev–Trinajstić information content (AvgIpc) is 1.65. The highest BCUT2D eigenvalue weighted by molar-refractivity contribution is 6.30. The van der Waals surface area contributed by atoms with Crippen LogP contribution in [0.25, 0.3) is 0 Å². The van der Waals surface area contributed by atoms with Gasteiger partial charge in [-0.05, 0) is 0 Å². The van der Waals surface area contributed by atoms with Gasteiger partial charge in [0.15, 0.2) is 0 Å². The molecule has 0 bridgehead atoms. The minimum atomic E-state index is -2.17. The van der Waals surface area contributed by atoms with Crippen LogP contribution in [0.5, 0.6) is 0 Å². The maximum Gasteiger partial charge on any atom is 0.631 e. The van der Waals surface area contributed by atoms with Gasteiger partial charge in [-0.15, -0.1) is 0 Å². The molecule has 0 amide bonds. The maximum atomic E-state index is 7.75. The first-order chi connectivity index (χ1) is 3.65. The van der Waals surface area contributed by atoms with Crippen molar-refractivity contribution in [2.45, 2.75) is 0 Å². The summed E-state index contributed by atoms with van der Waals surface area (Å²) in [6.07, 6.45) is 0. The second kappa shape index (κ2) is 15.7. The van der Waals surface area contributed by atoms with E-state index in [2.05, 4.69) is 0 Å². The molecule has 0 aromatic carbocycles. The van der Waals surface area contributed by atoms with E-state index in [1.165, 1.54) is 0 Å². The van der Waals surface area contributed by atoms with Gasteiger partial charge in [-0.2, -0.15) is 0 Å². The number of nitrogens with two attached hydrogens (primary N) is 1. The van der Waals surface area contributed by atoms with E-state index in [1.807, 2.05) is 0 Å². The molecule has 0 saturated carbocycles. The van der Waals surface area contributed by atoms with Crippen LogP contribution in [0.15, 0.2) is 0 Å². The van der Waals surface area contributed by atoms with Crippen molar-refractivity contribution >= 4 is 7.32 Å². The molecule has 0 fully saturated rings. The number of hydrogen-bond donors (Lipinski definition) is 6. The van der Waals surface area contributed by atoms with Crippen LogP contribution in [0.4, 0.5) is 0 Å². The standard InChI is InChI=1S/C2H7NO.BH3O3.H3N/c3-1-2-4;2-1(3)4;/h4H,1-3H2;2-4H;1H3. The summed E-state index contributed by atoms with van der Waals surface area (Å²) in [7, 11) is -2.17. The lowest BCUT2D eigenvalue weighted by Crippen LogP contribution is -2.07. The lowest BCUT2D eigenvalue weighted by atomic mass is 10.3. The Morgan fingerprint density at radius 1 is 1.22 bits per heavy atom. The Labute approximate surface area is 53.7 Å². The summed E-state index contributed by atoms with van der Waals surface area (Å²) >= 11 is 0. The largest absolute Gasteiger partial charge is 0.631 e. The molecule has 0 aromatic rings. The molecule has 9 N–H and O–H groups in total. The van der Waals surface area contributed by atoms with Gasteiger partial charge in [-0.25, -0.2) is 0 Å². The predicted octanol–water partition coefficient (Wildman–Crippen LogP) is -2.95. The molecule has 58 valence electrons. The summed E-state index contributed by atoms with van der Waals surface area (Å²) in [5.41, 5.74) is 4.78. The van der Waals surface area contributed by atoms with Crippen molar-refractivity contribution in [2.24, 2.45) is 5.73 Å². The van der Waals surface area contributed by atoms with Crippen LogP contribution in [0.3, 0.4) is 0 Å². The summed E-state index contributed by atoms with van der Waals surface area (Å²) in [6.45, 7) is 0.472. The van der Waals surface area contributed by atoms with E-state index in [-0.39, 0.29) is 12.8 Å². The summed E-state index contributed by atoms with van der Waals surface area (Å²) in [5.74, 6) is 0. The third-order valence-corrected chi connectivity index (χ3v) is 0.129. The molecule has 0 radical (unpaired) electrons. The van der Waals surface area contributed by atoms with E-state index >= 15 is 0 Å². The summed E-state index contributed by atoms with van der Waals surface area (Å²) in [4.78, 5) is 0. The minimum absolute atomic E-state index is 0. The van der Waals surface area contributed by atoms with Crippen molar-refractivity contribution in [3.8, 4) is 0 Å². The van der Waals surface area contributed by atoms with Crippen LogP contribution in [0.1, 0.15) is 0 Å². The van der Waals surface area contributed by atoms with E-state index in [1.54, 1.807) is 0 Å². The number of aliphatic hydroxyl groups is 1. The zero-order valence-electron chi connectivity index (χ0n) is 5.06. The van der Waals surface area contributed by atoms with Gasteiger partial charge in [0, 0.05) is 6.54 Å². The van der Waals surface area contributed by atoms with Crippen LogP contribution in [-0.4, -0.2) is 40.7 Å². The Kier molecular flexibility index (Phi) is 27.7. The fourth-order valence-electron chi connectivity index (χ4n) is 0. The summed E-state index contributed by atoms with van der Waals surface area (Å²) in [6, 6.07) is 0. The molecule has 0 aromatic heterocycles. The minimum Gasteiger partial charge on any atom is -0.402 e. The maximum absolute atomic E-state index is 7.75. The van der Waals surface area contributed by atoms with E-state index in [0.717, 1.165) is 0 Å². The lowest BCUT2D eigenvalue weighted by molar-refractivity contribution is 0.278. The van der Waals surface area contributed by atoms with E-state index in [0.29, 0.717) is 6.54 Å². The molecular formula is C2H13BN2O4. The second-order valence-electron chi connectivity index (χ2n) is 0.859. The molecule has 9 heavy (non-hydrogen) atoms. The molecule has 7 heteroatoms. The topological polar surface area (TPSA) is 142 Å². The molecule has 0 unspecified atom stereocenters. The smallest absolute Gasteiger partial charge is 0.402 e. The first-order valence-corrected chi connectivity index (χ1v) is 2.00. The summed E-state index contributed by atoms with van der Waals surface area (Å²) < 4.78 is 0. The van der Waals surface area contributed by atoms with E-state index < -0.39 is 7.32 Å². The third-order valence-electron chi connectivity index (χ3n) is 0.129. The highest BCUT2D eigenvalue weighted by atomic mass is 16.5. The SMILES string of the molecule is N.NCCO.OB(O)O. The van der Waals surface area contributed by atoms with Crippen LogP contribution >= 0.6 is 0 Å². The Morgan fingerprint density at radius 3 is 1.33 bits per heavy atom. The van der Waals surface area contributed by atoms with Crippen molar-refractivity contribution in [3.63, 3.8) is 0 Å². The van der Waals surface area contributed by atoms with Crippen molar-refractivity contribution in [1.82, 2.24) is 6.15 Å². The van der Waals surface area contributed by atoms with Crippen molar-refractivity contribution in [2.75, 3.05) is 13.2 Å². The van der Waals surface area contributed by atoms with E-state index in [9.17, 15) is 0 Å². The first kappa shape index (κ1) is 15.9. The van der Waals surface area contributed by atoms with Gasteiger partial charge >= 0.3 is 7.32 Å². The Balaban J connectivity index is -0.0000000720. The van der Waals surface area contributed by atoms with Gasteiger partial charge in [0.05, 0.1) is 6.61 Å². The zero-order chi connectivity index (χ0) is 6.99. The zero-order valence-corrected chi connectivity index (χ0v) is 5.06. The molecule has 0 aliphatic heterocycles. The molecule has 0 saturated heterocycles. The van der Waals surface area contributed by atoms with Crippen LogP contribution in [0.2, 0.25) is 0 Å². The molecule has 0 atom stereocenters. The van der Waals surface area contributed by atoms with Crippen molar-refractivity contribution < 1.29 is 20.2 Å². The molecular weight excluding hydrogens is 127 g/mol. The molecule has 0 rings (SSSR count). The van der Waals surface area contributed by atoms with Crippen molar-refractivity contribution in [3.05, 3.63) is 0 Å². The van der Waals surface area contributed by atoms with Gasteiger partial charge in [-0.1, -0.05) is 0 Å². The fraction of sp³-hybridized carbons (Fsp3) is 1.00. The van der Waals surface area contributed by atoms with Gasteiger partial charge in [-0.3, -0.25) is 0 Å². The Morgan fingerprint density at radius 2 is 1.33 bits per heavy atom. The normalized spacial score (nSPS) is 6.33. The monoisotopic (exact) mass is 140 g/mol. The number of hydrogen-bond acceptors (Lipinski definition) is 6. The third kappa shape index (κ3) is 390. The number of rotatable bonds is 1. The molecule has 6 nitrogen and oxygen atoms in total. The van der Waals surface area contributed by atoms with Crippen LogP contribution in [0, 0.1) is 0 Å². The quantitative estimate of drug-likeness (QED) is 0.215. The fourth-order valence-corrected chi connectivity index (χ4v) is 0. The molecule has 0 heterocycles. The van der Waals surface area contributed by atoms with Gasteiger partial charge in [0.2, 0.25) is 0 Å². The lowest BCUT2D eigenvalue weighted by Gasteiger charge is -1.71. The van der Waals surface area contributed by atoms with E-state index in [4.69, 9.17) is 25.9 Å². The van der Waals surface area contributed by atoms with Crippen molar-refractivity contribution in [1.29, 1.82) is 0 Å². The molecule has 0 spiro atoms.